The van der Waals surface area contributed by atoms with Crippen molar-refractivity contribution in [1.82, 2.24) is 10.3 Å². The number of carbonyl (C=O) groups excluding carboxylic acids is 1. The first-order valence-corrected chi connectivity index (χ1v) is 9.15. The molecule has 1 fully saturated rings. The van der Waals surface area contributed by atoms with Gasteiger partial charge in [-0.15, -0.1) is 13.2 Å². The topological polar surface area (TPSA) is 67.6 Å². The number of hydrogen-bond donors (Lipinski definition) is 1. The number of oxazole rings is 1. The molecule has 0 bridgehead atoms. The zero-order valence-corrected chi connectivity index (χ0v) is 15.3. The Morgan fingerprint density at radius 2 is 1.97 bits per heavy atom. The van der Waals surface area contributed by atoms with Crippen LogP contribution in [-0.4, -0.2) is 36.4 Å². The molecule has 0 radical (unpaired) electrons. The number of fused-ring (bicyclic) bond motifs is 1. The molecule has 1 aliphatic heterocycles. The average Bonchev–Trinajstić information content (AvgIpc) is 3.31. The number of nitrogens with one attached hydrogen (secondary N) is 1. The zero-order chi connectivity index (χ0) is 20.4. The third kappa shape index (κ3) is 4.44. The van der Waals surface area contributed by atoms with Crippen molar-refractivity contribution in [2.24, 2.45) is 0 Å². The van der Waals surface area contributed by atoms with Gasteiger partial charge in [0.15, 0.2) is 5.58 Å². The number of benzene rings is 2. The second-order valence-electron chi connectivity index (χ2n) is 6.74. The fourth-order valence-electron chi connectivity index (χ4n) is 3.40. The molecule has 4 rings (SSSR count). The number of ether oxygens (including phenoxy) is 1. The quantitative estimate of drug-likeness (QED) is 0.692. The van der Waals surface area contributed by atoms with Crippen LogP contribution in [0.4, 0.5) is 19.2 Å². The molecule has 152 valence electrons. The van der Waals surface area contributed by atoms with E-state index in [0.29, 0.717) is 18.1 Å². The number of para-hydroxylation sites is 2. The van der Waals surface area contributed by atoms with Gasteiger partial charge in [-0.1, -0.05) is 12.1 Å². The first-order valence-electron chi connectivity index (χ1n) is 9.15. The lowest BCUT2D eigenvalue weighted by Crippen LogP contribution is -2.40. The molecule has 1 saturated heterocycles. The summed E-state index contributed by atoms with van der Waals surface area (Å²) in [6, 6.07) is 12.9. The van der Waals surface area contributed by atoms with E-state index in [2.05, 4.69) is 15.0 Å². The van der Waals surface area contributed by atoms with E-state index in [1.165, 1.54) is 12.1 Å². The molecule has 0 saturated carbocycles. The van der Waals surface area contributed by atoms with Crippen molar-refractivity contribution >= 4 is 23.0 Å². The molecule has 0 unspecified atom stereocenters. The van der Waals surface area contributed by atoms with E-state index in [0.717, 1.165) is 37.0 Å². The summed E-state index contributed by atoms with van der Waals surface area (Å²) >= 11 is 0. The number of halogens is 3. The molecular formula is C20H18F3N3O3. The number of rotatable bonds is 5. The maximum Gasteiger partial charge on any atom is 0.573 e. The molecule has 29 heavy (non-hydrogen) atoms. The minimum atomic E-state index is -4.76. The van der Waals surface area contributed by atoms with Gasteiger partial charge in [-0.2, -0.15) is 4.98 Å². The van der Waals surface area contributed by atoms with Crippen molar-refractivity contribution in [3.8, 4) is 5.75 Å². The number of hydrogen-bond acceptors (Lipinski definition) is 5. The van der Waals surface area contributed by atoms with Gasteiger partial charge in [-0.05, 0) is 49.2 Å². The molecule has 0 spiro atoms. The number of anilines is 1. The van der Waals surface area contributed by atoms with Gasteiger partial charge in [0.05, 0.1) is 6.04 Å². The highest BCUT2D eigenvalue weighted by Crippen LogP contribution is 2.28. The Bertz CT molecular complexity index is 968. The van der Waals surface area contributed by atoms with E-state index in [1.54, 1.807) is 0 Å². The molecular weight excluding hydrogens is 387 g/mol. The molecule has 2 heterocycles. The summed E-state index contributed by atoms with van der Waals surface area (Å²) in [5.41, 5.74) is 1.74. The number of carbonyl (C=O) groups is 1. The highest BCUT2D eigenvalue weighted by molar-refractivity contribution is 5.94. The normalized spacial score (nSPS) is 16.9. The minimum absolute atomic E-state index is 0.0276. The molecule has 9 heteroatoms. The Balaban J connectivity index is 1.38. The highest BCUT2D eigenvalue weighted by Gasteiger charge is 2.31. The lowest BCUT2D eigenvalue weighted by Gasteiger charge is -2.23. The van der Waals surface area contributed by atoms with Crippen LogP contribution in [0.1, 0.15) is 23.2 Å². The van der Waals surface area contributed by atoms with Gasteiger partial charge in [-0.25, -0.2) is 0 Å². The second-order valence-corrected chi connectivity index (χ2v) is 6.74. The third-order valence-corrected chi connectivity index (χ3v) is 4.75. The summed E-state index contributed by atoms with van der Waals surface area (Å²) in [4.78, 5) is 18.9. The fourth-order valence-corrected chi connectivity index (χ4v) is 3.40. The van der Waals surface area contributed by atoms with Gasteiger partial charge in [0.25, 0.3) is 11.9 Å². The standard InChI is InChI=1S/C20H18F3N3O3/c21-20(22,23)29-15-9-7-13(8-10-15)18(27)24-12-14-4-3-11-26(14)19-25-16-5-1-2-6-17(16)28-19/h1-2,5-10,14H,3-4,11-12H2,(H,24,27)/t14-/m1/s1. The van der Waals surface area contributed by atoms with E-state index in [-0.39, 0.29) is 23.3 Å². The number of nitrogens with zero attached hydrogens (tertiary/aromatic N) is 2. The molecule has 6 nitrogen and oxygen atoms in total. The third-order valence-electron chi connectivity index (χ3n) is 4.75. The van der Waals surface area contributed by atoms with Gasteiger partial charge in [0, 0.05) is 18.7 Å². The van der Waals surface area contributed by atoms with Gasteiger partial charge in [0.1, 0.15) is 11.3 Å². The van der Waals surface area contributed by atoms with Crippen LogP contribution in [0.25, 0.3) is 11.1 Å². The Hall–Kier alpha value is -3.23. The lowest BCUT2D eigenvalue weighted by molar-refractivity contribution is -0.274. The van der Waals surface area contributed by atoms with Crippen LogP contribution in [0.5, 0.6) is 5.75 Å². The van der Waals surface area contributed by atoms with Crippen LogP contribution in [-0.2, 0) is 0 Å². The van der Waals surface area contributed by atoms with Crippen molar-refractivity contribution in [2.45, 2.75) is 25.2 Å². The van der Waals surface area contributed by atoms with Crippen LogP contribution >= 0.6 is 0 Å². The largest absolute Gasteiger partial charge is 0.573 e. The number of alkyl halides is 3. The fraction of sp³-hybridized carbons (Fsp3) is 0.300. The molecule has 1 amide bonds. The molecule has 1 aliphatic rings. The zero-order valence-electron chi connectivity index (χ0n) is 15.3. The predicted octanol–water partition coefficient (Wildman–Crippen LogP) is 4.13. The van der Waals surface area contributed by atoms with E-state index in [9.17, 15) is 18.0 Å². The van der Waals surface area contributed by atoms with Crippen molar-refractivity contribution in [1.29, 1.82) is 0 Å². The summed E-state index contributed by atoms with van der Waals surface area (Å²) in [6.45, 7) is 1.15. The van der Waals surface area contributed by atoms with E-state index in [4.69, 9.17) is 4.42 Å². The summed E-state index contributed by atoms with van der Waals surface area (Å²) in [6.07, 6.45) is -2.94. The Labute approximate surface area is 164 Å². The maximum atomic E-state index is 12.4. The molecule has 1 N–H and O–H groups in total. The minimum Gasteiger partial charge on any atom is -0.423 e. The van der Waals surface area contributed by atoms with Crippen LogP contribution in [0, 0.1) is 0 Å². The monoisotopic (exact) mass is 405 g/mol. The summed E-state index contributed by atoms with van der Waals surface area (Å²) in [7, 11) is 0. The summed E-state index contributed by atoms with van der Waals surface area (Å²) in [5.74, 6) is -0.736. The predicted molar refractivity (Wildman–Crippen MR) is 99.8 cm³/mol. The average molecular weight is 405 g/mol. The van der Waals surface area contributed by atoms with Crippen LogP contribution in [0.2, 0.25) is 0 Å². The summed E-state index contributed by atoms with van der Waals surface area (Å²) < 4.78 is 46.3. The van der Waals surface area contributed by atoms with Crippen molar-refractivity contribution < 1.29 is 27.1 Å². The number of amides is 1. The number of aromatic nitrogens is 1. The van der Waals surface area contributed by atoms with Crippen molar-refractivity contribution in [3.05, 3.63) is 54.1 Å². The smallest absolute Gasteiger partial charge is 0.423 e. The molecule has 3 aromatic rings. The first kappa shape index (κ1) is 19.1. The second kappa shape index (κ2) is 7.65. The van der Waals surface area contributed by atoms with E-state index in [1.807, 2.05) is 29.2 Å². The molecule has 1 atom stereocenters. The Morgan fingerprint density at radius 1 is 1.21 bits per heavy atom. The van der Waals surface area contributed by atoms with Crippen molar-refractivity contribution in [2.75, 3.05) is 18.0 Å². The lowest BCUT2D eigenvalue weighted by atomic mass is 10.2. The molecule has 1 aromatic heterocycles. The van der Waals surface area contributed by atoms with Gasteiger partial charge in [0.2, 0.25) is 0 Å². The Morgan fingerprint density at radius 3 is 2.69 bits per heavy atom. The van der Waals surface area contributed by atoms with Crippen molar-refractivity contribution in [3.63, 3.8) is 0 Å². The van der Waals surface area contributed by atoms with E-state index < -0.39 is 6.36 Å². The first-order chi connectivity index (χ1) is 13.9. The van der Waals surface area contributed by atoms with Gasteiger partial charge in [-0.3, -0.25) is 4.79 Å². The van der Waals surface area contributed by atoms with Crippen LogP contribution in [0.3, 0.4) is 0 Å². The highest BCUT2D eigenvalue weighted by atomic mass is 19.4. The maximum absolute atomic E-state index is 12.4. The molecule has 0 aliphatic carbocycles. The molecule has 2 aromatic carbocycles. The van der Waals surface area contributed by atoms with Crippen LogP contribution < -0.4 is 15.0 Å². The van der Waals surface area contributed by atoms with Gasteiger partial charge < -0.3 is 19.4 Å². The van der Waals surface area contributed by atoms with E-state index >= 15 is 0 Å². The van der Waals surface area contributed by atoms with Crippen LogP contribution in [0.15, 0.2) is 52.9 Å². The Kier molecular flexibility index (Phi) is 5.04. The SMILES string of the molecule is O=C(NC[C@H]1CCCN1c1nc2ccccc2o1)c1ccc(OC(F)(F)F)cc1. The summed E-state index contributed by atoms with van der Waals surface area (Å²) in [5, 5.41) is 2.83. The van der Waals surface area contributed by atoms with Gasteiger partial charge >= 0.3 is 6.36 Å².